The van der Waals surface area contributed by atoms with Gasteiger partial charge in [0.05, 0.1) is 29.8 Å². The maximum atomic E-state index is 13.1. The molecular weight excluding hydrogens is 621 g/mol. The standard InChI is InChI=1S/C31H24F9NO2S/c32-29(33,34)23-12-10-20(11-13-23)27(17-42)41-28(22-6-3-9-26(16-22)44-31(38,39)40)21-5-2-8-25(15-21)43-18-19-4-1-7-24(14-19)30(35,36)37/h1-16,27-28,41-42H,17-18H2. The number of rotatable bonds is 10. The van der Waals surface area contributed by atoms with Crippen molar-refractivity contribution in [1.29, 1.82) is 0 Å². The maximum Gasteiger partial charge on any atom is 0.446 e. The first kappa shape index (κ1) is 33.2. The molecule has 0 aliphatic rings. The van der Waals surface area contributed by atoms with Gasteiger partial charge in [-0.3, -0.25) is 5.32 Å². The minimum Gasteiger partial charge on any atom is -0.489 e. The normalized spacial score (nSPS) is 13.9. The molecule has 4 aromatic rings. The molecule has 234 valence electrons. The van der Waals surface area contributed by atoms with Crippen molar-refractivity contribution in [1.82, 2.24) is 5.32 Å². The fraction of sp³-hybridized carbons (Fsp3) is 0.226. The van der Waals surface area contributed by atoms with Crippen LogP contribution in [0.3, 0.4) is 0 Å². The van der Waals surface area contributed by atoms with Crippen LogP contribution < -0.4 is 10.1 Å². The van der Waals surface area contributed by atoms with Crippen LogP contribution in [0.15, 0.2) is 102 Å². The van der Waals surface area contributed by atoms with Gasteiger partial charge in [0.25, 0.3) is 0 Å². The Kier molecular flexibility index (Phi) is 10.2. The monoisotopic (exact) mass is 645 g/mol. The van der Waals surface area contributed by atoms with Crippen molar-refractivity contribution in [3.63, 3.8) is 0 Å². The average molecular weight is 646 g/mol. The topological polar surface area (TPSA) is 41.5 Å². The Morgan fingerprint density at radius 2 is 1.27 bits per heavy atom. The molecule has 0 bridgehead atoms. The van der Waals surface area contributed by atoms with Crippen molar-refractivity contribution >= 4 is 11.8 Å². The van der Waals surface area contributed by atoms with Gasteiger partial charge >= 0.3 is 17.9 Å². The van der Waals surface area contributed by atoms with E-state index in [4.69, 9.17) is 4.74 Å². The van der Waals surface area contributed by atoms with E-state index in [9.17, 15) is 44.6 Å². The Bertz CT molecular complexity index is 1540. The van der Waals surface area contributed by atoms with Gasteiger partial charge in [-0.1, -0.05) is 48.5 Å². The van der Waals surface area contributed by atoms with Gasteiger partial charge in [-0.25, -0.2) is 0 Å². The van der Waals surface area contributed by atoms with Crippen LogP contribution in [0.4, 0.5) is 39.5 Å². The molecule has 0 spiro atoms. The fourth-order valence-corrected chi connectivity index (χ4v) is 5.03. The van der Waals surface area contributed by atoms with Gasteiger partial charge in [-0.15, -0.1) is 0 Å². The van der Waals surface area contributed by atoms with Gasteiger partial charge in [0, 0.05) is 4.90 Å². The summed E-state index contributed by atoms with van der Waals surface area (Å²) in [7, 11) is 0. The van der Waals surface area contributed by atoms with Gasteiger partial charge in [-0.2, -0.15) is 39.5 Å². The van der Waals surface area contributed by atoms with Crippen LogP contribution in [0.5, 0.6) is 5.75 Å². The molecule has 0 radical (unpaired) electrons. The third-order valence-electron chi connectivity index (χ3n) is 6.47. The largest absolute Gasteiger partial charge is 0.489 e. The van der Waals surface area contributed by atoms with E-state index in [1.807, 2.05) is 0 Å². The van der Waals surface area contributed by atoms with E-state index < -0.39 is 47.7 Å². The lowest BCUT2D eigenvalue weighted by atomic mass is 9.96. The van der Waals surface area contributed by atoms with Crippen LogP contribution in [0, 0.1) is 0 Å². The predicted molar refractivity (Wildman–Crippen MR) is 147 cm³/mol. The molecule has 13 heteroatoms. The summed E-state index contributed by atoms with van der Waals surface area (Å²) in [5.41, 5.74) is -4.95. The molecule has 0 amide bonds. The number of alkyl halides is 9. The molecule has 0 aliphatic heterocycles. The Labute approximate surface area is 250 Å². The van der Waals surface area contributed by atoms with Gasteiger partial charge in [0.1, 0.15) is 12.4 Å². The summed E-state index contributed by atoms with van der Waals surface area (Å²) in [5, 5.41) is 13.3. The fourth-order valence-electron chi connectivity index (χ4n) is 4.42. The summed E-state index contributed by atoms with van der Waals surface area (Å²) in [5.74, 6) is 0.239. The molecule has 0 fully saturated rings. The highest BCUT2D eigenvalue weighted by Gasteiger charge is 2.32. The van der Waals surface area contributed by atoms with Gasteiger partial charge < -0.3 is 9.84 Å². The zero-order valence-corrected chi connectivity index (χ0v) is 23.3. The highest BCUT2D eigenvalue weighted by atomic mass is 32.2. The molecule has 0 aliphatic carbocycles. The van der Waals surface area contributed by atoms with Crippen molar-refractivity contribution in [3.05, 3.63) is 130 Å². The molecule has 3 nitrogen and oxygen atoms in total. The number of thioether (sulfide) groups is 1. The summed E-state index contributed by atoms with van der Waals surface area (Å²) >= 11 is -0.324. The molecule has 2 unspecified atom stereocenters. The zero-order valence-electron chi connectivity index (χ0n) is 22.5. The molecule has 0 heterocycles. The third kappa shape index (κ3) is 9.16. The van der Waals surface area contributed by atoms with Crippen LogP contribution in [0.1, 0.15) is 45.5 Å². The Hall–Kier alpha value is -3.68. The lowest BCUT2D eigenvalue weighted by Gasteiger charge is -2.27. The SMILES string of the molecule is OCC(NC(c1cccc(OCc2cccc(C(F)(F)F)c2)c1)c1cccc(SC(F)(F)F)c1)c1ccc(C(F)(F)F)cc1. The first-order valence-corrected chi connectivity index (χ1v) is 13.7. The van der Waals surface area contributed by atoms with Gasteiger partial charge in [-0.05, 0) is 82.5 Å². The van der Waals surface area contributed by atoms with E-state index in [0.717, 1.165) is 24.3 Å². The molecule has 44 heavy (non-hydrogen) atoms. The molecule has 2 atom stereocenters. The molecule has 2 N–H and O–H groups in total. The molecule has 4 aromatic carbocycles. The highest BCUT2D eigenvalue weighted by Crippen LogP contribution is 2.39. The number of ether oxygens (including phenoxy) is 1. The van der Waals surface area contributed by atoms with Crippen molar-refractivity contribution in [2.45, 2.75) is 41.4 Å². The second-order valence-electron chi connectivity index (χ2n) is 9.63. The van der Waals surface area contributed by atoms with Crippen molar-refractivity contribution in [3.8, 4) is 5.75 Å². The van der Waals surface area contributed by atoms with Crippen LogP contribution in [-0.4, -0.2) is 17.2 Å². The zero-order chi connectivity index (χ0) is 32.1. The number of aliphatic hydroxyl groups excluding tert-OH is 1. The molecule has 0 saturated heterocycles. The lowest BCUT2D eigenvalue weighted by molar-refractivity contribution is -0.138. The Balaban J connectivity index is 1.66. The van der Waals surface area contributed by atoms with Crippen LogP contribution in [0.25, 0.3) is 0 Å². The van der Waals surface area contributed by atoms with E-state index >= 15 is 0 Å². The highest BCUT2D eigenvalue weighted by molar-refractivity contribution is 8.00. The second kappa shape index (κ2) is 13.5. The first-order chi connectivity index (χ1) is 20.6. The van der Waals surface area contributed by atoms with Crippen LogP contribution in [-0.2, 0) is 19.0 Å². The number of aliphatic hydroxyl groups is 1. The summed E-state index contributed by atoms with van der Waals surface area (Å²) in [6, 6.07) is 18.7. The summed E-state index contributed by atoms with van der Waals surface area (Å²) in [4.78, 5) is -0.117. The Morgan fingerprint density at radius 1 is 0.659 bits per heavy atom. The summed E-state index contributed by atoms with van der Waals surface area (Å²) in [6.07, 6.45) is -9.11. The number of benzene rings is 4. The molecular formula is C31H24F9NO2S. The minimum atomic E-state index is -4.58. The van der Waals surface area contributed by atoms with E-state index in [2.05, 4.69) is 5.32 Å². The first-order valence-electron chi connectivity index (χ1n) is 12.9. The smallest absolute Gasteiger partial charge is 0.446 e. The van der Waals surface area contributed by atoms with Crippen LogP contribution in [0.2, 0.25) is 0 Å². The second-order valence-corrected chi connectivity index (χ2v) is 10.8. The Morgan fingerprint density at radius 3 is 1.89 bits per heavy atom. The van der Waals surface area contributed by atoms with Gasteiger partial charge in [0.15, 0.2) is 0 Å². The summed E-state index contributed by atoms with van der Waals surface area (Å²) < 4.78 is 124. The predicted octanol–water partition coefficient (Wildman–Crippen LogP) is 9.33. The van der Waals surface area contributed by atoms with Crippen LogP contribution >= 0.6 is 11.8 Å². The number of hydrogen-bond acceptors (Lipinski definition) is 4. The molecule has 4 rings (SSSR count). The number of nitrogens with one attached hydrogen (secondary N) is 1. The van der Waals surface area contributed by atoms with Crippen molar-refractivity contribution in [2.24, 2.45) is 0 Å². The van der Waals surface area contributed by atoms with E-state index in [1.54, 1.807) is 24.3 Å². The quantitative estimate of drug-likeness (QED) is 0.133. The van der Waals surface area contributed by atoms with Crippen molar-refractivity contribution in [2.75, 3.05) is 6.61 Å². The summed E-state index contributed by atoms with van der Waals surface area (Å²) in [6.45, 7) is -0.779. The average Bonchev–Trinajstić information content (AvgIpc) is 2.95. The third-order valence-corrected chi connectivity index (χ3v) is 7.19. The number of halogens is 9. The minimum absolute atomic E-state index is 0.117. The maximum absolute atomic E-state index is 13.1. The lowest BCUT2D eigenvalue weighted by Crippen LogP contribution is -2.30. The number of hydrogen-bond donors (Lipinski definition) is 2. The van der Waals surface area contributed by atoms with Gasteiger partial charge in [0.2, 0.25) is 0 Å². The van der Waals surface area contributed by atoms with E-state index in [0.29, 0.717) is 16.7 Å². The van der Waals surface area contributed by atoms with E-state index in [-0.39, 0.29) is 34.6 Å². The van der Waals surface area contributed by atoms with Crippen molar-refractivity contribution < 1.29 is 49.4 Å². The van der Waals surface area contributed by atoms with E-state index in [1.165, 1.54) is 48.5 Å². The molecule has 0 aromatic heterocycles. The molecule has 0 saturated carbocycles.